The minimum absolute atomic E-state index is 0.232. The molecule has 94 valence electrons. The Labute approximate surface area is 105 Å². The second-order valence-corrected chi connectivity index (χ2v) is 4.17. The molecule has 0 bridgehead atoms. The molecule has 18 heavy (non-hydrogen) atoms. The summed E-state index contributed by atoms with van der Waals surface area (Å²) in [6.07, 6.45) is 0. The molecular weight excluding hydrogens is 230 g/mol. The number of rotatable bonds is 2. The fourth-order valence-electron chi connectivity index (χ4n) is 1.62. The first-order chi connectivity index (χ1) is 8.52. The van der Waals surface area contributed by atoms with Gasteiger partial charge in [-0.3, -0.25) is 10.2 Å². The van der Waals surface area contributed by atoms with Crippen LogP contribution in [-0.4, -0.2) is 20.9 Å². The summed E-state index contributed by atoms with van der Waals surface area (Å²) < 4.78 is 0. The van der Waals surface area contributed by atoms with E-state index in [0.717, 1.165) is 11.3 Å². The predicted molar refractivity (Wildman–Crippen MR) is 67.2 cm³/mol. The standard InChI is InChI=1S/C12H15N5O/c1-7-4-5-10(6-8(7)2)17-15-9(3)11(16-17)12(18)14-13/h4-6H,13H2,1-3H3,(H,14,18). The maximum Gasteiger partial charge on any atom is 0.287 e. The number of carbonyl (C=O) groups is 1. The van der Waals surface area contributed by atoms with Gasteiger partial charge in [-0.05, 0) is 44.0 Å². The molecule has 6 heteroatoms. The van der Waals surface area contributed by atoms with Crippen LogP contribution in [-0.2, 0) is 0 Å². The van der Waals surface area contributed by atoms with Gasteiger partial charge in [-0.15, -0.1) is 5.10 Å². The molecule has 0 radical (unpaired) electrons. The highest BCUT2D eigenvalue weighted by Gasteiger charge is 2.15. The van der Waals surface area contributed by atoms with E-state index in [0.29, 0.717) is 5.69 Å². The molecule has 6 nitrogen and oxygen atoms in total. The number of hydrogen-bond donors (Lipinski definition) is 2. The van der Waals surface area contributed by atoms with E-state index in [2.05, 4.69) is 15.6 Å². The summed E-state index contributed by atoms with van der Waals surface area (Å²) in [5.74, 6) is 4.65. The summed E-state index contributed by atoms with van der Waals surface area (Å²) in [4.78, 5) is 12.9. The Bertz CT molecular complexity index is 603. The van der Waals surface area contributed by atoms with Crippen LogP contribution in [0.15, 0.2) is 18.2 Å². The highest BCUT2D eigenvalue weighted by atomic mass is 16.2. The van der Waals surface area contributed by atoms with Crippen molar-refractivity contribution in [3.63, 3.8) is 0 Å². The van der Waals surface area contributed by atoms with Crippen molar-refractivity contribution in [2.45, 2.75) is 20.8 Å². The molecule has 2 rings (SSSR count). The number of aryl methyl sites for hydroxylation is 3. The van der Waals surface area contributed by atoms with E-state index >= 15 is 0 Å². The fraction of sp³-hybridized carbons (Fsp3) is 0.250. The van der Waals surface area contributed by atoms with Gasteiger partial charge in [0.1, 0.15) is 0 Å². The molecular formula is C12H15N5O. The predicted octanol–water partition coefficient (Wildman–Crippen LogP) is 0.796. The fourth-order valence-corrected chi connectivity index (χ4v) is 1.62. The maximum atomic E-state index is 11.4. The molecule has 3 N–H and O–H groups in total. The van der Waals surface area contributed by atoms with E-state index < -0.39 is 5.91 Å². The Morgan fingerprint density at radius 3 is 2.56 bits per heavy atom. The lowest BCUT2D eigenvalue weighted by Crippen LogP contribution is -2.30. The zero-order chi connectivity index (χ0) is 13.3. The van der Waals surface area contributed by atoms with Gasteiger partial charge < -0.3 is 0 Å². The summed E-state index contributed by atoms with van der Waals surface area (Å²) in [6.45, 7) is 5.77. The molecule has 1 aromatic carbocycles. The van der Waals surface area contributed by atoms with E-state index in [-0.39, 0.29) is 5.69 Å². The zero-order valence-electron chi connectivity index (χ0n) is 10.6. The average Bonchev–Trinajstić information content (AvgIpc) is 2.74. The van der Waals surface area contributed by atoms with Crippen molar-refractivity contribution in [3.05, 3.63) is 40.7 Å². The Morgan fingerprint density at radius 1 is 1.22 bits per heavy atom. The number of nitrogens with two attached hydrogens (primary N) is 1. The topological polar surface area (TPSA) is 85.8 Å². The number of hydrazine groups is 1. The Morgan fingerprint density at radius 2 is 1.94 bits per heavy atom. The quantitative estimate of drug-likeness (QED) is 0.465. The van der Waals surface area contributed by atoms with E-state index in [1.54, 1.807) is 6.92 Å². The van der Waals surface area contributed by atoms with Crippen LogP contribution in [0.25, 0.3) is 5.69 Å². The lowest BCUT2D eigenvalue weighted by atomic mass is 10.1. The van der Waals surface area contributed by atoms with Crippen LogP contribution < -0.4 is 11.3 Å². The van der Waals surface area contributed by atoms with Crippen LogP contribution in [0.2, 0.25) is 0 Å². The molecule has 0 aliphatic rings. The van der Waals surface area contributed by atoms with Crippen molar-refractivity contribution in [1.29, 1.82) is 0 Å². The Balaban J connectivity index is 2.45. The first-order valence-electron chi connectivity index (χ1n) is 5.55. The molecule has 0 atom stereocenters. The molecule has 1 amide bonds. The SMILES string of the molecule is Cc1ccc(-n2nc(C)c(C(=O)NN)n2)cc1C. The minimum Gasteiger partial charge on any atom is -0.289 e. The van der Waals surface area contributed by atoms with Crippen LogP contribution in [0.3, 0.4) is 0 Å². The Kier molecular flexibility index (Phi) is 3.12. The smallest absolute Gasteiger partial charge is 0.287 e. The van der Waals surface area contributed by atoms with Crippen molar-refractivity contribution < 1.29 is 4.79 Å². The largest absolute Gasteiger partial charge is 0.289 e. The van der Waals surface area contributed by atoms with Gasteiger partial charge in [-0.2, -0.15) is 9.90 Å². The van der Waals surface area contributed by atoms with Crippen molar-refractivity contribution in [2.24, 2.45) is 5.84 Å². The second-order valence-electron chi connectivity index (χ2n) is 4.17. The van der Waals surface area contributed by atoms with Gasteiger partial charge in [0.25, 0.3) is 5.91 Å². The van der Waals surface area contributed by atoms with E-state index in [1.165, 1.54) is 10.4 Å². The minimum atomic E-state index is -0.442. The number of carbonyl (C=O) groups excluding carboxylic acids is 1. The second kappa shape index (κ2) is 4.58. The van der Waals surface area contributed by atoms with Gasteiger partial charge in [0.15, 0.2) is 5.69 Å². The zero-order valence-corrected chi connectivity index (χ0v) is 10.6. The maximum absolute atomic E-state index is 11.4. The molecule has 0 saturated carbocycles. The molecule has 0 saturated heterocycles. The van der Waals surface area contributed by atoms with Gasteiger partial charge >= 0.3 is 0 Å². The van der Waals surface area contributed by atoms with Crippen LogP contribution in [0.4, 0.5) is 0 Å². The summed E-state index contributed by atoms with van der Waals surface area (Å²) >= 11 is 0. The van der Waals surface area contributed by atoms with E-state index in [1.807, 2.05) is 32.0 Å². The van der Waals surface area contributed by atoms with Crippen LogP contribution in [0, 0.1) is 20.8 Å². The summed E-state index contributed by atoms with van der Waals surface area (Å²) in [5, 5.41) is 8.34. The highest BCUT2D eigenvalue weighted by Crippen LogP contribution is 2.13. The summed E-state index contributed by atoms with van der Waals surface area (Å²) in [6, 6.07) is 5.87. The summed E-state index contributed by atoms with van der Waals surface area (Å²) in [7, 11) is 0. The molecule has 1 heterocycles. The number of benzene rings is 1. The van der Waals surface area contributed by atoms with Gasteiger partial charge in [0.2, 0.25) is 0 Å². The number of nitrogen functional groups attached to an aromatic ring is 1. The first-order valence-corrected chi connectivity index (χ1v) is 5.55. The third kappa shape index (κ3) is 2.10. The van der Waals surface area contributed by atoms with Gasteiger partial charge in [-0.1, -0.05) is 6.07 Å². The average molecular weight is 245 g/mol. The third-order valence-electron chi connectivity index (χ3n) is 2.85. The molecule has 0 unspecified atom stereocenters. The molecule has 0 spiro atoms. The van der Waals surface area contributed by atoms with Crippen molar-refractivity contribution >= 4 is 5.91 Å². The van der Waals surface area contributed by atoms with E-state index in [4.69, 9.17) is 5.84 Å². The van der Waals surface area contributed by atoms with Gasteiger partial charge in [0.05, 0.1) is 11.4 Å². The number of nitrogens with one attached hydrogen (secondary N) is 1. The van der Waals surface area contributed by atoms with Crippen molar-refractivity contribution in [2.75, 3.05) is 0 Å². The number of nitrogens with zero attached hydrogens (tertiary/aromatic N) is 3. The van der Waals surface area contributed by atoms with Gasteiger partial charge in [-0.25, -0.2) is 5.84 Å². The first kappa shape index (κ1) is 12.3. The monoisotopic (exact) mass is 245 g/mol. The molecule has 0 aliphatic heterocycles. The number of aromatic nitrogens is 3. The number of hydrogen-bond acceptors (Lipinski definition) is 4. The van der Waals surface area contributed by atoms with Crippen molar-refractivity contribution in [3.8, 4) is 5.69 Å². The molecule has 0 fully saturated rings. The lowest BCUT2D eigenvalue weighted by molar-refractivity contribution is 0.0947. The normalized spacial score (nSPS) is 10.4. The summed E-state index contributed by atoms with van der Waals surface area (Å²) in [5.41, 5.74) is 5.98. The van der Waals surface area contributed by atoms with Crippen LogP contribution >= 0.6 is 0 Å². The van der Waals surface area contributed by atoms with E-state index in [9.17, 15) is 4.79 Å². The van der Waals surface area contributed by atoms with Crippen LogP contribution in [0.1, 0.15) is 27.3 Å². The van der Waals surface area contributed by atoms with Crippen LogP contribution in [0.5, 0.6) is 0 Å². The number of amides is 1. The highest BCUT2D eigenvalue weighted by molar-refractivity contribution is 5.92. The molecule has 2 aromatic rings. The molecule has 1 aromatic heterocycles. The van der Waals surface area contributed by atoms with Gasteiger partial charge in [0, 0.05) is 0 Å². The Hall–Kier alpha value is -2.21. The third-order valence-corrected chi connectivity index (χ3v) is 2.85. The van der Waals surface area contributed by atoms with Crippen molar-refractivity contribution in [1.82, 2.24) is 20.4 Å². The molecule has 0 aliphatic carbocycles. The lowest BCUT2D eigenvalue weighted by Gasteiger charge is -2.03.